The highest BCUT2D eigenvalue weighted by Crippen LogP contribution is 2.31. The number of thiazole rings is 1. The number of aromatic nitrogens is 1. The van der Waals surface area contributed by atoms with E-state index in [1.165, 1.54) is 23.7 Å². The smallest absolute Gasteiger partial charge is 0.266 e. The molecule has 0 aliphatic carbocycles. The number of hydrogen-bond acceptors (Lipinski definition) is 6. The number of likely N-dealkylation sites (tertiary alicyclic amines) is 1. The topological polar surface area (TPSA) is 99.6 Å². The van der Waals surface area contributed by atoms with E-state index in [0.29, 0.717) is 49.4 Å². The zero-order chi connectivity index (χ0) is 23.8. The number of hydrogen-bond donors (Lipinski definition) is 2. The summed E-state index contributed by atoms with van der Waals surface area (Å²) in [6.45, 7) is 5.07. The Balaban J connectivity index is 1.46. The van der Waals surface area contributed by atoms with Crippen LogP contribution in [0.5, 0.6) is 0 Å². The molecule has 4 rings (SSSR count). The van der Waals surface area contributed by atoms with E-state index in [-0.39, 0.29) is 16.3 Å². The molecule has 3 aromatic rings. The molecule has 1 aliphatic heterocycles. The molecular formula is C23H26FN3O4S2. The van der Waals surface area contributed by atoms with Crippen LogP contribution in [-0.4, -0.2) is 48.0 Å². The first-order chi connectivity index (χ1) is 15.6. The number of carbonyl (C=O) groups excluding carboxylic acids is 1. The third kappa shape index (κ3) is 5.02. The number of nitrogens with one attached hydrogen (secondary N) is 1. The van der Waals surface area contributed by atoms with Crippen molar-refractivity contribution < 1.29 is 22.7 Å². The molecule has 0 saturated carbocycles. The summed E-state index contributed by atoms with van der Waals surface area (Å²) < 4.78 is 42.8. The summed E-state index contributed by atoms with van der Waals surface area (Å²) in [5.41, 5.74) is 1.78. The van der Waals surface area contributed by atoms with Gasteiger partial charge in [-0.3, -0.25) is 9.52 Å². The summed E-state index contributed by atoms with van der Waals surface area (Å²) in [5.74, 6) is -0.643. The van der Waals surface area contributed by atoms with Crippen molar-refractivity contribution in [2.75, 3.05) is 17.8 Å². The maximum atomic E-state index is 14.4. The molecule has 2 heterocycles. The first-order valence-corrected chi connectivity index (χ1v) is 13.1. The summed E-state index contributed by atoms with van der Waals surface area (Å²) in [6, 6.07) is 8.56. The Kier molecular flexibility index (Phi) is 6.43. The number of fused-ring (bicyclic) bond motifs is 1. The van der Waals surface area contributed by atoms with E-state index in [0.717, 1.165) is 17.4 Å². The SMILES string of the molecule is CC(C)CC1(O)CCN(C(=O)c2ccc(NS(=O)(=O)c3c(F)ccc4ncsc34)cc2)CC1. The van der Waals surface area contributed by atoms with E-state index in [1.54, 1.807) is 17.0 Å². The molecule has 7 nitrogen and oxygen atoms in total. The molecule has 2 N–H and O–H groups in total. The first-order valence-electron chi connectivity index (χ1n) is 10.7. The third-order valence-electron chi connectivity index (χ3n) is 5.83. The van der Waals surface area contributed by atoms with Crippen molar-refractivity contribution in [1.82, 2.24) is 9.88 Å². The minimum absolute atomic E-state index is 0.170. The first kappa shape index (κ1) is 23.6. The molecule has 176 valence electrons. The lowest BCUT2D eigenvalue weighted by atomic mass is 9.84. The number of halogens is 1. The van der Waals surface area contributed by atoms with Crippen LogP contribution in [0.25, 0.3) is 10.2 Å². The summed E-state index contributed by atoms with van der Waals surface area (Å²) in [4.78, 5) is 18.2. The van der Waals surface area contributed by atoms with Gasteiger partial charge >= 0.3 is 0 Å². The fraction of sp³-hybridized carbons (Fsp3) is 0.391. The molecule has 1 aliphatic rings. The number of sulfonamides is 1. The van der Waals surface area contributed by atoms with Gasteiger partial charge in [-0.2, -0.15) is 0 Å². The molecule has 0 spiro atoms. The Morgan fingerprint density at radius 2 is 1.88 bits per heavy atom. The summed E-state index contributed by atoms with van der Waals surface area (Å²) >= 11 is 1.05. The van der Waals surface area contributed by atoms with Gasteiger partial charge in [0.1, 0.15) is 10.7 Å². The van der Waals surface area contributed by atoms with E-state index >= 15 is 0 Å². The molecule has 0 unspecified atom stereocenters. The number of nitrogens with zero attached hydrogens (tertiary/aromatic N) is 2. The Bertz CT molecular complexity index is 1260. The molecule has 1 aromatic heterocycles. The molecule has 10 heteroatoms. The van der Waals surface area contributed by atoms with Crippen molar-refractivity contribution in [1.29, 1.82) is 0 Å². The zero-order valence-corrected chi connectivity index (χ0v) is 20.0. The molecular weight excluding hydrogens is 465 g/mol. The minimum Gasteiger partial charge on any atom is -0.390 e. The lowest BCUT2D eigenvalue weighted by Gasteiger charge is -2.39. The van der Waals surface area contributed by atoms with Gasteiger partial charge < -0.3 is 10.0 Å². The summed E-state index contributed by atoms with van der Waals surface area (Å²) in [7, 11) is -4.19. The lowest BCUT2D eigenvalue weighted by molar-refractivity contribution is -0.0311. The van der Waals surface area contributed by atoms with Crippen molar-refractivity contribution in [2.45, 2.75) is 43.6 Å². The third-order valence-corrected chi connectivity index (χ3v) is 8.26. The van der Waals surface area contributed by atoms with Crippen molar-refractivity contribution >= 4 is 43.2 Å². The number of anilines is 1. The van der Waals surface area contributed by atoms with Gasteiger partial charge in [0.15, 0.2) is 0 Å². The highest BCUT2D eigenvalue weighted by Gasteiger charge is 2.34. The van der Waals surface area contributed by atoms with Crippen LogP contribution < -0.4 is 4.72 Å². The second-order valence-electron chi connectivity index (χ2n) is 8.87. The summed E-state index contributed by atoms with van der Waals surface area (Å²) in [5, 5.41) is 10.7. The monoisotopic (exact) mass is 491 g/mol. The van der Waals surface area contributed by atoms with E-state index in [4.69, 9.17) is 0 Å². The molecule has 1 amide bonds. The average molecular weight is 492 g/mol. The fourth-order valence-electron chi connectivity index (χ4n) is 4.29. The predicted octanol–water partition coefficient (Wildman–Crippen LogP) is 4.25. The summed E-state index contributed by atoms with van der Waals surface area (Å²) in [6.07, 6.45) is 1.77. The number of aliphatic hydroxyl groups is 1. The Hall–Kier alpha value is -2.56. The second kappa shape index (κ2) is 9.00. The lowest BCUT2D eigenvalue weighted by Crippen LogP contribution is -2.47. The van der Waals surface area contributed by atoms with Gasteiger partial charge in [-0.1, -0.05) is 13.8 Å². The Labute approximate surface area is 196 Å². The van der Waals surface area contributed by atoms with Crippen LogP contribution in [0, 0.1) is 11.7 Å². The van der Waals surface area contributed by atoms with Crippen molar-refractivity contribution in [3.63, 3.8) is 0 Å². The fourth-order valence-corrected chi connectivity index (χ4v) is 6.70. The molecule has 2 aromatic carbocycles. The standard InChI is InChI=1S/C23H26FN3O4S2/c1-15(2)13-23(29)9-11-27(12-10-23)22(28)16-3-5-17(6-4-16)26-33(30,31)21-18(24)7-8-19-20(21)32-14-25-19/h3-8,14-15,26,29H,9-13H2,1-2H3. The van der Waals surface area contributed by atoms with E-state index in [9.17, 15) is 22.7 Å². The van der Waals surface area contributed by atoms with Gasteiger partial charge in [0.25, 0.3) is 15.9 Å². The normalized spacial score (nSPS) is 16.3. The van der Waals surface area contributed by atoms with Gasteiger partial charge in [-0.15, -0.1) is 11.3 Å². The van der Waals surface area contributed by atoms with Crippen molar-refractivity contribution in [3.8, 4) is 0 Å². The average Bonchev–Trinajstić information content (AvgIpc) is 3.21. The highest BCUT2D eigenvalue weighted by atomic mass is 32.2. The Morgan fingerprint density at radius 3 is 2.52 bits per heavy atom. The number of benzene rings is 2. The molecule has 0 bridgehead atoms. The number of piperidine rings is 1. The molecule has 1 saturated heterocycles. The van der Waals surface area contributed by atoms with Crippen molar-refractivity contribution in [2.24, 2.45) is 5.92 Å². The quantitative estimate of drug-likeness (QED) is 0.537. The minimum atomic E-state index is -4.19. The van der Waals surface area contributed by atoms with Crippen LogP contribution >= 0.6 is 11.3 Å². The largest absolute Gasteiger partial charge is 0.390 e. The van der Waals surface area contributed by atoms with E-state index in [1.807, 2.05) is 0 Å². The second-order valence-corrected chi connectivity index (χ2v) is 11.3. The van der Waals surface area contributed by atoms with Gasteiger partial charge in [0, 0.05) is 24.3 Å². The zero-order valence-electron chi connectivity index (χ0n) is 18.4. The maximum Gasteiger partial charge on any atom is 0.266 e. The van der Waals surface area contributed by atoms with Crippen LogP contribution in [0.15, 0.2) is 46.8 Å². The molecule has 0 atom stereocenters. The van der Waals surface area contributed by atoms with E-state index in [2.05, 4.69) is 23.6 Å². The van der Waals surface area contributed by atoms with Gasteiger partial charge in [0.2, 0.25) is 0 Å². The van der Waals surface area contributed by atoms with Crippen LogP contribution in [0.2, 0.25) is 0 Å². The maximum absolute atomic E-state index is 14.4. The van der Waals surface area contributed by atoms with Gasteiger partial charge in [0.05, 0.1) is 21.3 Å². The predicted molar refractivity (Wildman–Crippen MR) is 126 cm³/mol. The van der Waals surface area contributed by atoms with Crippen LogP contribution in [-0.2, 0) is 10.0 Å². The number of amides is 1. The van der Waals surface area contributed by atoms with Crippen LogP contribution in [0.3, 0.4) is 0 Å². The van der Waals surface area contributed by atoms with Crippen molar-refractivity contribution in [3.05, 3.63) is 53.3 Å². The molecule has 1 fully saturated rings. The number of carbonyl (C=O) groups is 1. The number of rotatable bonds is 6. The van der Waals surface area contributed by atoms with E-state index < -0.39 is 26.3 Å². The van der Waals surface area contributed by atoms with Crippen LogP contribution in [0.1, 0.15) is 43.5 Å². The molecule has 33 heavy (non-hydrogen) atoms. The van der Waals surface area contributed by atoms with Crippen LogP contribution in [0.4, 0.5) is 10.1 Å². The Morgan fingerprint density at radius 1 is 1.21 bits per heavy atom. The van der Waals surface area contributed by atoms with Gasteiger partial charge in [-0.25, -0.2) is 17.8 Å². The van der Waals surface area contributed by atoms with Gasteiger partial charge in [-0.05, 0) is 61.6 Å². The highest BCUT2D eigenvalue weighted by molar-refractivity contribution is 7.93. The molecule has 0 radical (unpaired) electrons.